The van der Waals surface area contributed by atoms with Crippen molar-refractivity contribution in [1.82, 2.24) is 9.97 Å². The maximum absolute atomic E-state index is 13.1. The largest absolute Gasteiger partial charge is 0.342 e. The number of aromatic amines is 1. The molecule has 0 saturated carbocycles. The molecule has 106 valence electrons. The van der Waals surface area contributed by atoms with E-state index in [1.165, 1.54) is 0 Å². The van der Waals surface area contributed by atoms with Crippen LogP contribution in [0.5, 0.6) is 0 Å². The number of halogens is 2. The number of rotatable bonds is 2. The van der Waals surface area contributed by atoms with Gasteiger partial charge in [0.05, 0.1) is 11.0 Å². The quantitative estimate of drug-likeness (QED) is 0.759. The SMILES string of the molecule is Cc1nc2ccc(NC(=O)c3cc(F)cc(F)c3)cc2[nH]1. The second-order valence-corrected chi connectivity index (χ2v) is 4.67. The number of H-pyrrole nitrogens is 1. The van der Waals surface area contributed by atoms with Gasteiger partial charge >= 0.3 is 0 Å². The maximum atomic E-state index is 13.1. The lowest BCUT2D eigenvalue weighted by atomic mass is 10.2. The Kier molecular flexibility index (Phi) is 3.13. The zero-order valence-corrected chi connectivity index (χ0v) is 11.1. The average Bonchev–Trinajstić information content (AvgIpc) is 2.77. The van der Waals surface area contributed by atoms with Crippen molar-refractivity contribution in [2.24, 2.45) is 0 Å². The molecule has 0 saturated heterocycles. The van der Waals surface area contributed by atoms with Gasteiger partial charge in [0, 0.05) is 17.3 Å². The molecule has 1 aromatic heterocycles. The molecule has 0 atom stereocenters. The zero-order chi connectivity index (χ0) is 15.0. The van der Waals surface area contributed by atoms with Gasteiger partial charge in [-0.25, -0.2) is 13.8 Å². The summed E-state index contributed by atoms with van der Waals surface area (Å²) in [7, 11) is 0. The van der Waals surface area contributed by atoms with E-state index in [1.807, 2.05) is 6.92 Å². The van der Waals surface area contributed by atoms with E-state index in [0.717, 1.165) is 35.1 Å². The summed E-state index contributed by atoms with van der Waals surface area (Å²) in [5.74, 6) is -1.40. The van der Waals surface area contributed by atoms with E-state index in [2.05, 4.69) is 15.3 Å². The smallest absolute Gasteiger partial charge is 0.255 e. The van der Waals surface area contributed by atoms with Gasteiger partial charge < -0.3 is 10.3 Å². The lowest BCUT2D eigenvalue weighted by Gasteiger charge is -2.05. The second kappa shape index (κ2) is 4.97. The molecule has 1 amide bonds. The predicted octanol–water partition coefficient (Wildman–Crippen LogP) is 3.40. The van der Waals surface area contributed by atoms with Gasteiger partial charge in [-0.15, -0.1) is 0 Å². The molecule has 2 N–H and O–H groups in total. The number of nitrogens with zero attached hydrogens (tertiary/aromatic N) is 1. The highest BCUT2D eigenvalue weighted by molar-refractivity contribution is 6.04. The van der Waals surface area contributed by atoms with Gasteiger partial charge in [-0.3, -0.25) is 4.79 Å². The van der Waals surface area contributed by atoms with E-state index in [4.69, 9.17) is 0 Å². The first-order valence-electron chi connectivity index (χ1n) is 6.25. The number of fused-ring (bicyclic) bond motifs is 1. The molecular formula is C15H11F2N3O. The molecular weight excluding hydrogens is 276 g/mol. The van der Waals surface area contributed by atoms with Gasteiger partial charge in [-0.2, -0.15) is 0 Å². The molecule has 0 aliphatic heterocycles. The first-order chi connectivity index (χ1) is 10.0. The second-order valence-electron chi connectivity index (χ2n) is 4.67. The molecule has 4 nitrogen and oxygen atoms in total. The number of aromatic nitrogens is 2. The monoisotopic (exact) mass is 287 g/mol. The molecule has 1 heterocycles. The minimum atomic E-state index is -0.792. The Hall–Kier alpha value is -2.76. The van der Waals surface area contributed by atoms with Crippen molar-refractivity contribution in [1.29, 1.82) is 0 Å². The van der Waals surface area contributed by atoms with Gasteiger partial charge in [0.15, 0.2) is 0 Å². The lowest BCUT2D eigenvalue weighted by Crippen LogP contribution is -2.12. The molecule has 0 fully saturated rings. The number of amides is 1. The maximum Gasteiger partial charge on any atom is 0.255 e. The normalized spacial score (nSPS) is 10.8. The third kappa shape index (κ3) is 2.74. The Balaban J connectivity index is 1.88. The lowest BCUT2D eigenvalue weighted by molar-refractivity contribution is 0.102. The number of anilines is 1. The molecule has 0 bridgehead atoms. The predicted molar refractivity (Wildman–Crippen MR) is 75.1 cm³/mol. The minimum absolute atomic E-state index is 0.0756. The molecule has 3 aromatic rings. The van der Waals surface area contributed by atoms with Crippen LogP contribution in [0.15, 0.2) is 36.4 Å². The van der Waals surface area contributed by atoms with Gasteiger partial charge in [0.2, 0.25) is 0 Å². The number of carbonyl (C=O) groups is 1. The van der Waals surface area contributed by atoms with Crippen LogP contribution in [-0.2, 0) is 0 Å². The van der Waals surface area contributed by atoms with E-state index in [-0.39, 0.29) is 5.56 Å². The van der Waals surface area contributed by atoms with E-state index in [1.54, 1.807) is 18.2 Å². The Bertz CT molecular complexity index is 822. The summed E-state index contributed by atoms with van der Waals surface area (Å²) < 4.78 is 26.2. The van der Waals surface area contributed by atoms with Crippen LogP contribution in [0.2, 0.25) is 0 Å². The van der Waals surface area contributed by atoms with Crippen LogP contribution in [0.25, 0.3) is 11.0 Å². The van der Waals surface area contributed by atoms with Crippen molar-refractivity contribution in [2.75, 3.05) is 5.32 Å². The summed E-state index contributed by atoms with van der Waals surface area (Å²) in [6, 6.07) is 7.82. The van der Waals surface area contributed by atoms with Gasteiger partial charge in [0.1, 0.15) is 17.5 Å². The summed E-state index contributed by atoms with van der Waals surface area (Å²) >= 11 is 0. The molecule has 0 aliphatic rings. The minimum Gasteiger partial charge on any atom is -0.342 e. The highest BCUT2D eigenvalue weighted by atomic mass is 19.1. The first-order valence-corrected chi connectivity index (χ1v) is 6.25. The van der Waals surface area contributed by atoms with E-state index in [9.17, 15) is 13.6 Å². The topological polar surface area (TPSA) is 57.8 Å². The average molecular weight is 287 g/mol. The third-order valence-corrected chi connectivity index (χ3v) is 2.98. The Morgan fingerprint density at radius 1 is 1.14 bits per heavy atom. The van der Waals surface area contributed by atoms with E-state index < -0.39 is 17.5 Å². The Labute approximate surface area is 118 Å². The summed E-state index contributed by atoms with van der Waals surface area (Å²) in [4.78, 5) is 19.3. The van der Waals surface area contributed by atoms with Crippen LogP contribution >= 0.6 is 0 Å². The van der Waals surface area contributed by atoms with Crippen LogP contribution in [0.3, 0.4) is 0 Å². The number of imidazole rings is 1. The molecule has 6 heteroatoms. The van der Waals surface area contributed by atoms with Gasteiger partial charge in [-0.1, -0.05) is 0 Å². The number of aryl methyl sites for hydroxylation is 1. The number of benzene rings is 2. The fourth-order valence-electron chi connectivity index (χ4n) is 2.10. The number of nitrogens with one attached hydrogen (secondary N) is 2. The number of carbonyl (C=O) groups excluding carboxylic acids is 1. The number of hydrogen-bond donors (Lipinski definition) is 2. The van der Waals surface area contributed by atoms with Crippen molar-refractivity contribution < 1.29 is 13.6 Å². The van der Waals surface area contributed by atoms with E-state index >= 15 is 0 Å². The molecule has 3 rings (SSSR count). The van der Waals surface area contributed by atoms with Crippen molar-refractivity contribution in [3.63, 3.8) is 0 Å². The molecule has 0 aliphatic carbocycles. The van der Waals surface area contributed by atoms with Crippen molar-refractivity contribution in [2.45, 2.75) is 6.92 Å². The van der Waals surface area contributed by atoms with Gasteiger partial charge in [-0.05, 0) is 37.3 Å². The summed E-state index contributed by atoms with van der Waals surface area (Å²) in [5, 5.41) is 2.59. The van der Waals surface area contributed by atoms with Crippen molar-refractivity contribution >= 4 is 22.6 Å². The highest BCUT2D eigenvalue weighted by Crippen LogP contribution is 2.18. The first kappa shape index (κ1) is 13.2. The summed E-state index contributed by atoms with van der Waals surface area (Å²) in [6.07, 6.45) is 0. The zero-order valence-electron chi connectivity index (χ0n) is 11.1. The van der Waals surface area contributed by atoms with Crippen molar-refractivity contribution in [3.05, 3.63) is 59.4 Å². The van der Waals surface area contributed by atoms with Crippen LogP contribution in [0, 0.1) is 18.6 Å². The van der Waals surface area contributed by atoms with Crippen LogP contribution in [0.4, 0.5) is 14.5 Å². The van der Waals surface area contributed by atoms with Crippen LogP contribution in [-0.4, -0.2) is 15.9 Å². The Morgan fingerprint density at radius 3 is 2.57 bits per heavy atom. The summed E-state index contributed by atoms with van der Waals surface area (Å²) in [6.45, 7) is 1.83. The Morgan fingerprint density at radius 2 is 1.86 bits per heavy atom. The third-order valence-electron chi connectivity index (χ3n) is 2.98. The number of hydrogen-bond acceptors (Lipinski definition) is 2. The molecule has 21 heavy (non-hydrogen) atoms. The van der Waals surface area contributed by atoms with Crippen molar-refractivity contribution in [3.8, 4) is 0 Å². The molecule has 0 unspecified atom stereocenters. The van der Waals surface area contributed by atoms with E-state index in [0.29, 0.717) is 5.69 Å². The summed E-state index contributed by atoms with van der Waals surface area (Å²) in [5.41, 5.74) is 1.99. The van der Waals surface area contributed by atoms with Gasteiger partial charge in [0.25, 0.3) is 5.91 Å². The van der Waals surface area contributed by atoms with Crippen LogP contribution in [0.1, 0.15) is 16.2 Å². The standard InChI is InChI=1S/C15H11F2N3O/c1-8-18-13-3-2-12(7-14(13)19-8)20-15(21)9-4-10(16)6-11(17)5-9/h2-7H,1H3,(H,18,19)(H,20,21). The molecule has 2 aromatic carbocycles. The fourth-order valence-corrected chi connectivity index (χ4v) is 2.10. The molecule has 0 spiro atoms. The van der Waals surface area contributed by atoms with Crippen LogP contribution < -0.4 is 5.32 Å². The fraction of sp³-hybridized carbons (Fsp3) is 0.0667. The highest BCUT2D eigenvalue weighted by Gasteiger charge is 2.10. The molecule has 0 radical (unpaired) electrons.